The number of nitrogens with zero attached hydrogens (tertiary/aromatic N) is 5. The fourth-order valence-electron chi connectivity index (χ4n) is 5.42. The first kappa shape index (κ1) is 20.6. The van der Waals surface area contributed by atoms with Crippen molar-refractivity contribution in [1.29, 1.82) is 0 Å². The van der Waals surface area contributed by atoms with Gasteiger partial charge in [-0.25, -0.2) is 14.4 Å². The van der Waals surface area contributed by atoms with Crippen molar-refractivity contribution in [3.8, 4) is 22.4 Å². The van der Waals surface area contributed by atoms with Gasteiger partial charge in [-0.05, 0) is 48.9 Å². The summed E-state index contributed by atoms with van der Waals surface area (Å²) < 4.78 is 19.2. The van der Waals surface area contributed by atoms with Crippen LogP contribution in [0.1, 0.15) is 36.9 Å². The summed E-state index contributed by atoms with van der Waals surface area (Å²) >= 11 is 0. The van der Waals surface area contributed by atoms with E-state index in [-0.39, 0.29) is 5.82 Å². The number of anilines is 1. The van der Waals surface area contributed by atoms with Crippen LogP contribution in [-0.4, -0.2) is 63.2 Å². The number of ether oxygens (including phenoxy) is 1. The Balaban J connectivity index is 1.22. The average Bonchev–Trinajstić information content (AvgIpc) is 3.24. The third-order valence-corrected chi connectivity index (χ3v) is 7.14. The van der Waals surface area contributed by atoms with Crippen molar-refractivity contribution in [2.45, 2.75) is 44.2 Å². The van der Waals surface area contributed by atoms with E-state index in [2.05, 4.69) is 30.2 Å². The van der Waals surface area contributed by atoms with Crippen LogP contribution < -0.4 is 5.32 Å². The predicted molar refractivity (Wildman–Crippen MR) is 123 cm³/mol. The third-order valence-electron chi connectivity index (χ3n) is 7.14. The number of rotatable bonds is 4. The van der Waals surface area contributed by atoms with Gasteiger partial charge in [0.25, 0.3) is 0 Å². The molecule has 3 aromatic heterocycles. The molecule has 3 aliphatic rings. The Morgan fingerprint density at radius 2 is 1.82 bits per heavy atom. The molecule has 1 aliphatic heterocycles. The minimum absolute atomic E-state index is 0.367. The normalized spacial score (nSPS) is 22.6. The van der Waals surface area contributed by atoms with Crippen LogP contribution in [0.3, 0.4) is 0 Å². The summed E-state index contributed by atoms with van der Waals surface area (Å²) in [6, 6.07) is 4.54. The minimum Gasteiger partial charge on any atom is -0.379 e. The van der Waals surface area contributed by atoms with Crippen molar-refractivity contribution < 1.29 is 9.13 Å². The average molecular weight is 447 g/mol. The quantitative estimate of drug-likeness (QED) is 0.512. The second-order valence-electron chi connectivity index (χ2n) is 9.14. The summed E-state index contributed by atoms with van der Waals surface area (Å²) in [7, 11) is 0. The number of morpholine rings is 1. The van der Waals surface area contributed by atoms with Crippen LogP contribution in [-0.2, 0) is 11.2 Å². The fraction of sp³-hybridized carbons (Fsp3) is 0.440. The van der Waals surface area contributed by atoms with Crippen molar-refractivity contribution in [3.63, 3.8) is 0 Å². The van der Waals surface area contributed by atoms with E-state index in [0.29, 0.717) is 23.3 Å². The Kier molecular flexibility index (Phi) is 5.47. The standard InChI is InChI=1S/C25H27FN6O/c26-18-9-17(12-27-14-18)22-11-21-16(13-28-22)10-23-24(21)25(30-15-29-23)31-19-1-3-20(4-2-19)32-5-7-33-8-6-32/h9,11-15,19-20H,1-8,10H2,(H,29,30,31). The maximum Gasteiger partial charge on any atom is 0.142 e. The van der Waals surface area contributed by atoms with Gasteiger partial charge in [0, 0.05) is 55.1 Å². The molecule has 1 saturated heterocycles. The highest BCUT2D eigenvalue weighted by Gasteiger charge is 2.29. The zero-order valence-electron chi connectivity index (χ0n) is 18.5. The molecule has 0 radical (unpaired) electrons. The molecule has 33 heavy (non-hydrogen) atoms. The molecule has 0 unspecified atom stereocenters. The van der Waals surface area contributed by atoms with Crippen LogP contribution in [0.5, 0.6) is 0 Å². The molecule has 170 valence electrons. The van der Waals surface area contributed by atoms with Gasteiger partial charge in [-0.15, -0.1) is 0 Å². The van der Waals surface area contributed by atoms with Crippen molar-refractivity contribution in [1.82, 2.24) is 24.8 Å². The molecule has 2 aliphatic carbocycles. The van der Waals surface area contributed by atoms with Crippen molar-refractivity contribution in [2.24, 2.45) is 0 Å². The summed E-state index contributed by atoms with van der Waals surface area (Å²) in [5.41, 5.74) is 5.63. The molecule has 0 spiro atoms. The molecule has 7 nitrogen and oxygen atoms in total. The zero-order valence-corrected chi connectivity index (χ0v) is 18.5. The molecule has 0 aromatic carbocycles. The van der Waals surface area contributed by atoms with Crippen molar-refractivity contribution >= 4 is 5.82 Å². The summed E-state index contributed by atoms with van der Waals surface area (Å²) in [6.07, 6.45) is 11.8. The number of fused-ring (bicyclic) bond motifs is 3. The van der Waals surface area contributed by atoms with Crippen LogP contribution in [0, 0.1) is 5.82 Å². The molecular formula is C25H27FN6O. The maximum absolute atomic E-state index is 13.7. The number of halogens is 1. The largest absolute Gasteiger partial charge is 0.379 e. The van der Waals surface area contributed by atoms with Crippen LogP contribution in [0.4, 0.5) is 10.2 Å². The Morgan fingerprint density at radius 3 is 2.64 bits per heavy atom. The molecule has 8 heteroatoms. The van der Waals surface area contributed by atoms with Gasteiger partial charge >= 0.3 is 0 Å². The Hall–Kier alpha value is -2.97. The first-order valence-electron chi connectivity index (χ1n) is 11.8. The number of hydrogen-bond donors (Lipinski definition) is 1. The highest BCUT2D eigenvalue weighted by atomic mass is 19.1. The van der Waals surface area contributed by atoms with E-state index in [4.69, 9.17) is 4.74 Å². The Bertz CT molecular complexity index is 1160. The van der Waals surface area contributed by atoms with Gasteiger partial charge in [0.2, 0.25) is 0 Å². The highest BCUT2D eigenvalue weighted by molar-refractivity contribution is 5.85. The molecule has 0 amide bonds. The van der Waals surface area contributed by atoms with Gasteiger partial charge in [0.05, 0.1) is 30.8 Å². The molecular weight excluding hydrogens is 419 g/mol. The summed E-state index contributed by atoms with van der Waals surface area (Å²) in [6.45, 7) is 3.81. The van der Waals surface area contributed by atoms with E-state index in [0.717, 1.165) is 73.8 Å². The Labute approximate surface area is 192 Å². The molecule has 2 fully saturated rings. The topological polar surface area (TPSA) is 76.1 Å². The van der Waals surface area contributed by atoms with Crippen LogP contribution in [0.2, 0.25) is 0 Å². The number of hydrogen-bond acceptors (Lipinski definition) is 7. The molecule has 1 N–H and O–H groups in total. The number of pyridine rings is 2. The molecule has 6 rings (SSSR count). The van der Waals surface area contributed by atoms with Crippen molar-refractivity contribution in [2.75, 3.05) is 31.6 Å². The maximum atomic E-state index is 13.7. The van der Waals surface area contributed by atoms with Gasteiger partial charge in [-0.1, -0.05) is 0 Å². The van der Waals surface area contributed by atoms with E-state index < -0.39 is 0 Å². The molecule has 1 saturated carbocycles. The zero-order chi connectivity index (χ0) is 22.2. The minimum atomic E-state index is -0.367. The van der Waals surface area contributed by atoms with E-state index in [1.165, 1.54) is 25.1 Å². The second-order valence-corrected chi connectivity index (χ2v) is 9.14. The van der Waals surface area contributed by atoms with E-state index in [1.54, 1.807) is 12.5 Å². The lowest BCUT2D eigenvalue weighted by molar-refractivity contribution is 0.00791. The van der Waals surface area contributed by atoms with E-state index in [1.807, 2.05) is 12.3 Å². The molecule has 3 aromatic rings. The van der Waals surface area contributed by atoms with Gasteiger partial charge in [-0.2, -0.15) is 0 Å². The molecule has 0 bridgehead atoms. The number of nitrogens with one attached hydrogen (secondary N) is 1. The highest BCUT2D eigenvalue weighted by Crippen LogP contribution is 2.41. The third kappa shape index (κ3) is 4.09. The van der Waals surface area contributed by atoms with Crippen molar-refractivity contribution in [3.05, 3.63) is 54.1 Å². The van der Waals surface area contributed by atoms with Gasteiger partial charge in [-0.3, -0.25) is 14.9 Å². The van der Waals surface area contributed by atoms with E-state index in [9.17, 15) is 4.39 Å². The first-order chi connectivity index (χ1) is 16.2. The van der Waals surface area contributed by atoms with Gasteiger partial charge < -0.3 is 10.1 Å². The summed E-state index contributed by atoms with van der Waals surface area (Å²) in [4.78, 5) is 20.3. The Morgan fingerprint density at radius 1 is 0.970 bits per heavy atom. The summed E-state index contributed by atoms with van der Waals surface area (Å²) in [5, 5.41) is 3.73. The van der Waals surface area contributed by atoms with Crippen LogP contribution >= 0.6 is 0 Å². The first-order valence-corrected chi connectivity index (χ1v) is 11.8. The van der Waals surface area contributed by atoms with Gasteiger partial charge in [0.1, 0.15) is 18.0 Å². The fourth-order valence-corrected chi connectivity index (χ4v) is 5.42. The smallest absolute Gasteiger partial charge is 0.142 e. The molecule has 0 atom stereocenters. The SMILES string of the molecule is Fc1cncc(-c2cc3c(cn2)Cc2ncnc(NC4CCC(N5CCOCC5)CC4)c2-3)c1. The van der Waals surface area contributed by atoms with E-state index >= 15 is 0 Å². The lowest BCUT2D eigenvalue weighted by Crippen LogP contribution is -2.46. The monoisotopic (exact) mass is 446 g/mol. The second kappa shape index (κ2) is 8.76. The van der Waals surface area contributed by atoms with Crippen LogP contribution in [0.15, 0.2) is 37.1 Å². The predicted octanol–water partition coefficient (Wildman–Crippen LogP) is 3.70. The lowest BCUT2D eigenvalue weighted by Gasteiger charge is -2.39. The summed E-state index contributed by atoms with van der Waals surface area (Å²) in [5.74, 6) is 0.525. The number of aromatic nitrogens is 4. The van der Waals surface area contributed by atoms with Gasteiger partial charge in [0.15, 0.2) is 0 Å². The molecule has 4 heterocycles. The lowest BCUT2D eigenvalue weighted by atomic mass is 9.89. The van der Waals surface area contributed by atoms with Crippen LogP contribution in [0.25, 0.3) is 22.4 Å².